The number of hydrogen-bond donors (Lipinski definition) is 1. The zero-order chi connectivity index (χ0) is 14.5. The lowest BCUT2D eigenvalue weighted by atomic mass is 10.2. The summed E-state index contributed by atoms with van der Waals surface area (Å²) < 4.78 is 20.0. The summed E-state index contributed by atoms with van der Waals surface area (Å²) in [7, 11) is 0. The zero-order valence-electron chi connectivity index (χ0n) is 10.9. The fraction of sp³-hybridized carbons (Fsp3) is 0.200. The third-order valence-corrected chi connectivity index (χ3v) is 3.49. The normalized spacial score (nSPS) is 10.6. The maximum absolute atomic E-state index is 13.3. The fourth-order valence-corrected chi connectivity index (χ4v) is 2.43. The van der Waals surface area contributed by atoms with Crippen molar-refractivity contribution in [2.75, 3.05) is 6.54 Å². The Balaban J connectivity index is 2.27. The molecule has 0 saturated heterocycles. The van der Waals surface area contributed by atoms with E-state index < -0.39 is 0 Å². The van der Waals surface area contributed by atoms with E-state index in [1.165, 1.54) is 12.1 Å². The smallest absolute Gasteiger partial charge is 0.146 e. The molecule has 0 saturated carbocycles. The summed E-state index contributed by atoms with van der Waals surface area (Å²) in [6.07, 6.45) is 0. The first-order valence-electron chi connectivity index (χ1n) is 6.22. The van der Waals surface area contributed by atoms with Crippen LogP contribution in [0.4, 0.5) is 4.39 Å². The maximum atomic E-state index is 13.3. The lowest BCUT2D eigenvalue weighted by Crippen LogP contribution is -2.12. The van der Waals surface area contributed by atoms with E-state index in [-0.39, 0.29) is 5.82 Å². The molecular formula is C15H14BrClFNO. The molecule has 2 rings (SSSR count). The van der Waals surface area contributed by atoms with E-state index in [4.69, 9.17) is 16.3 Å². The predicted octanol–water partition coefficient (Wildman–Crippen LogP) is 5.14. The topological polar surface area (TPSA) is 21.3 Å². The van der Waals surface area contributed by atoms with Gasteiger partial charge in [0.05, 0.1) is 5.02 Å². The zero-order valence-corrected chi connectivity index (χ0v) is 13.3. The molecule has 20 heavy (non-hydrogen) atoms. The Labute approximate surface area is 131 Å². The molecule has 0 radical (unpaired) electrons. The molecule has 0 fully saturated rings. The van der Waals surface area contributed by atoms with Gasteiger partial charge in [-0.1, -0.05) is 34.5 Å². The van der Waals surface area contributed by atoms with Gasteiger partial charge in [-0.05, 0) is 42.9 Å². The highest BCUT2D eigenvalue weighted by atomic mass is 79.9. The first-order chi connectivity index (χ1) is 9.60. The highest BCUT2D eigenvalue weighted by Crippen LogP contribution is 2.33. The van der Waals surface area contributed by atoms with Gasteiger partial charge in [-0.15, -0.1) is 0 Å². The molecule has 0 unspecified atom stereocenters. The first kappa shape index (κ1) is 15.3. The van der Waals surface area contributed by atoms with Crippen LogP contribution in [0.25, 0.3) is 0 Å². The van der Waals surface area contributed by atoms with E-state index in [1.54, 1.807) is 18.2 Å². The van der Waals surface area contributed by atoms with Crippen LogP contribution in [0.5, 0.6) is 11.5 Å². The summed E-state index contributed by atoms with van der Waals surface area (Å²) in [5, 5.41) is 3.65. The average Bonchev–Trinajstić information content (AvgIpc) is 2.41. The van der Waals surface area contributed by atoms with Crippen molar-refractivity contribution in [1.82, 2.24) is 5.32 Å². The Bertz CT molecular complexity index is 606. The van der Waals surface area contributed by atoms with Crippen LogP contribution in [0.3, 0.4) is 0 Å². The molecule has 2 nitrogen and oxygen atoms in total. The van der Waals surface area contributed by atoms with Crippen molar-refractivity contribution in [3.05, 3.63) is 57.3 Å². The van der Waals surface area contributed by atoms with Crippen molar-refractivity contribution in [2.45, 2.75) is 13.5 Å². The highest BCUT2D eigenvalue weighted by Gasteiger charge is 2.09. The molecule has 0 aromatic heterocycles. The Hall–Kier alpha value is -1.10. The van der Waals surface area contributed by atoms with Gasteiger partial charge in [0.2, 0.25) is 0 Å². The predicted molar refractivity (Wildman–Crippen MR) is 83.0 cm³/mol. The molecule has 0 bridgehead atoms. The van der Waals surface area contributed by atoms with Crippen molar-refractivity contribution >= 4 is 27.5 Å². The average molecular weight is 359 g/mol. The molecular weight excluding hydrogens is 345 g/mol. The van der Waals surface area contributed by atoms with E-state index in [1.807, 2.05) is 13.0 Å². The summed E-state index contributed by atoms with van der Waals surface area (Å²) in [6, 6.07) is 9.81. The molecule has 0 amide bonds. The van der Waals surface area contributed by atoms with E-state index in [0.717, 1.165) is 16.6 Å². The third-order valence-electron chi connectivity index (χ3n) is 2.70. The summed E-state index contributed by atoms with van der Waals surface area (Å²) in [5.41, 5.74) is 0.755. The van der Waals surface area contributed by atoms with Crippen LogP contribution < -0.4 is 10.1 Å². The van der Waals surface area contributed by atoms with Gasteiger partial charge in [-0.3, -0.25) is 0 Å². The monoisotopic (exact) mass is 357 g/mol. The van der Waals surface area contributed by atoms with Crippen molar-refractivity contribution in [2.24, 2.45) is 0 Å². The van der Waals surface area contributed by atoms with E-state index in [2.05, 4.69) is 21.2 Å². The molecule has 5 heteroatoms. The van der Waals surface area contributed by atoms with Gasteiger partial charge < -0.3 is 10.1 Å². The largest absolute Gasteiger partial charge is 0.455 e. The number of halogens is 3. The molecule has 2 aromatic rings. The van der Waals surface area contributed by atoms with Crippen LogP contribution in [0, 0.1) is 5.82 Å². The van der Waals surface area contributed by atoms with E-state index >= 15 is 0 Å². The molecule has 0 aliphatic rings. The molecule has 0 spiro atoms. The second kappa shape index (κ2) is 7.07. The van der Waals surface area contributed by atoms with Crippen molar-refractivity contribution in [1.29, 1.82) is 0 Å². The number of hydrogen-bond acceptors (Lipinski definition) is 2. The summed E-state index contributed by atoms with van der Waals surface area (Å²) >= 11 is 9.46. The highest BCUT2D eigenvalue weighted by molar-refractivity contribution is 9.10. The molecule has 106 valence electrons. The van der Waals surface area contributed by atoms with Crippen molar-refractivity contribution in [3.8, 4) is 11.5 Å². The summed E-state index contributed by atoms with van der Waals surface area (Å²) in [4.78, 5) is 0. The standard InChI is InChI=1S/C15H14BrClFNO/c1-2-19-9-10-7-12(18)4-6-14(10)20-15-5-3-11(16)8-13(15)17/h3-8,19H,2,9H2,1H3. The third kappa shape index (κ3) is 3.95. The van der Waals surface area contributed by atoms with Crippen LogP contribution in [0.15, 0.2) is 40.9 Å². The molecule has 0 aliphatic carbocycles. The van der Waals surface area contributed by atoms with Crippen molar-refractivity contribution < 1.29 is 9.13 Å². The van der Waals surface area contributed by atoms with Gasteiger partial charge in [-0.2, -0.15) is 0 Å². The summed E-state index contributed by atoms with van der Waals surface area (Å²) in [6.45, 7) is 3.33. The molecule has 0 atom stereocenters. The minimum atomic E-state index is -0.285. The van der Waals surface area contributed by atoms with Crippen LogP contribution in [-0.4, -0.2) is 6.54 Å². The second-order valence-electron chi connectivity index (χ2n) is 4.21. The minimum Gasteiger partial charge on any atom is -0.455 e. The number of rotatable bonds is 5. The lowest BCUT2D eigenvalue weighted by molar-refractivity contribution is 0.470. The molecule has 0 aliphatic heterocycles. The fourth-order valence-electron chi connectivity index (χ4n) is 1.72. The Morgan fingerprint density at radius 2 is 1.95 bits per heavy atom. The quantitative estimate of drug-likeness (QED) is 0.798. The van der Waals surface area contributed by atoms with Gasteiger partial charge in [-0.25, -0.2) is 4.39 Å². The van der Waals surface area contributed by atoms with Crippen LogP contribution >= 0.6 is 27.5 Å². The lowest BCUT2D eigenvalue weighted by Gasteiger charge is -2.13. The molecule has 0 heterocycles. The van der Waals surface area contributed by atoms with Crippen LogP contribution in [0.1, 0.15) is 12.5 Å². The van der Waals surface area contributed by atoms with Gasteiger partial charge in [0, 0.05) is 16.6 Å². The summed E-state index contributed by atoms with van der Waals surface area (Å²) in [5.74, 6) is 0.850. The molecule has 2 aromatic carbocycles. The van der Waals surface area contributed by atoms with Crippen molar-refractivity contribution in [3.63, 3.8) is 0 Å². The number of ether oxygens (including phenoxy) is 1. The van der Waals surface area contributed by atoms with Gasteiger partial charge >= 0.3 is 0 Å². The Morgan fingerprint density at radius 3 is 2.65 bits per heavy atom. The Kier molecular flexibility index (Phi) is 5.40. The second-order valence-corrected chi connectivity index (χ2v) is 5.53. The molecule has 1 N–H and O–H groups in total. The van der Waals surface area contributed by atoms with Crippen LogP contribution in [-0.2, 0) is 6.54 Å². The SMILES string of the molecule is CCNCc1cc(F)ccc1Oc1ccc(Br)cc1Cl. The van der Waals surface area contributed by atoms with Gasteiger partial charge in [0.25, 0.3) is 0 Å². The maximum Gasteiger partial charge on any atom is 0.146 e. The Morgan fingerprint density at radius 1 is 1.20 bits per heavy atom. The number of benzene rings is 2. The van der Waals surface area contributed by atoms with Gasteiger partial charge in [0.15, 0.2) is 0 Å². The number of nitrogens with one attached hydrogen (secondary N) is 1. The van der Waals surface area contributed by atoms with Gasteiger partial charge in [0.1, 0.15) is 17.3 Å². The van der Waals surface area contributed by atoms with E-state index in [9.17, 15) is 4.39 Å². The van der Waals surface area contributed by atoms with Crippen LogP contribution in [0.2, 0.25) is 5.02 Å². The van der Waals surface area contributed by atoms with E-state index in [0.29, 0.717) is 23.1 Å². The minimum absolute atomic E-state index is 0.285. The first-order valence-corrected chi connectivity index (χ1v) is 7.39.